The fourth-order valence-corrected chi connectivity index (χ4v) is 3.01. The average Bonchev–Trinajstić information content (AvgIpc) is 3.18. The highest BCUT2D eigenvalue weighted by Crippen LogP contribution is 2.27. The van der Waals surface area contributed by atoms with Crippen LogP contribution < -0.4 is 0 Å². The van der Waals surface area contributed by atoms with E-state index in [1.807, 2.05) is 6.07 Å². The lowest BCUT2D eigenvalue weighted by Crippen LogP contribution is -2.42. The van der Waals surface area contributed by atoms with E-state index in [0.29, 0.717) is 19.0 Å². The van der Waals surface area contributed by atoms with Crippen LogP contribution in [0.2, 0.25) is 0 Å². The fourth-order valence-electron chi connectivity index (χ4n) is 3.01. The summed E-state index contributed by atoms with van der Waals surface area (Å²) in [6, 6.07) is 2.79. The van der Waals surface area contributed by atoms with E-state index in [1.165, 1.54) is 6.20 Å². The lowest BCUT2D eigenvalue weighted by atomic mass is 9.93. The van der Waals surface area contributed by atoms with E-state index in [1.54, 1.807) is 11.1 Å². The molecule has 2 aromatic rings. The maximum Gasteiger partial charge on any atom is 0.435 e. The van der Waals surface area contributed by atoms with Crippen molar-refractivity contribution < 1.29 is 18.0 Å². The highest BCUT2D eigenvalue weighted by Gasteiger charge is 2.34. The van der Waals surface area contributed by atoms with Gasteiger partial charge < -0.3 is 4.90 Å². The van der Waals surface area contributed by atoms with E-state index in [2.05, 4.69) is 15.3 Å². The Bertz CT molecular complexity index is 680. The highest BCUT2D eigenvalue weighted by molar-refractivity contribution is 5.76. The molecular weight excluding hydrogens is 323 g/mol. The minimum absolute atomic E-state index is 0.174. The highest BCUT2D eigenvalue weighted by atomic mass is 19.4. The van der Waals surface area contributed by atoms with Crippen molar-refractivity contribution in [3.8, 4) is 0 Å². The van der Waals surface area contributed by atoms with E-state index in [9.17, 15) is 18.0 Å². The number of carbonyl (C=O) groups is 1. The summed E-state index contributed by atoms with van der Waals surface area (Å²) >= 11 is 0. The molecule has 0 bridgehead atoms. The van der Waals surface area contributed by atoms with E-state index >= 15 is 0 Å². The molecule has 1 amide bonds. The number of nitrogens with zero attached hydrogens (tertiary/aromatic N) is 4. The van der Waals surface area contributed by atoms with Gasteiger partial charge in [-0.2, -0.15) is 23.4 Å². The third-order valence-corrected chi connectivity index (χ3v) is 4.17. The minimum atomic E-state index is -4.49. The normalized spacial score (nSPS) is 18.8. The van der Waals surface area contributed by atoms with Crippen LogP contribution in [0.5, 0.6) is 0 Å². The Balaban J connectivity index is 1.57. The molecule has 130 valence electrons. The Kier molecular flexibility index (Phi) is 4.59. The van der Waals surface area contributed by atoms with Gasteiger partial charge in [0.2, 0.25) is 5.91 Å². The number of aromatic nitrogens is 4. The maximum absolute atomic E-state index is 12.5. The van der Waals surface area contributed by atoms with Crippen LogP contribution in [0.25, 0.3) is 0 Å². The zero-order chi connectivity index (χ0) is 17.2. The fraction of sp³-hybridized carbons (Fsp3) is 0.533. The van der Waals surface area contributed by atoms with Crippen molar-refractivity contribution in [2.75, 3.05) is 13.1 Å². The standard InChI is InChI=1S/C15H18F3N5O/c16-15(17,18)13-4-7-23(21-13)10-14(24)22-6-1-2-11(9-22)8-12-3-5-19-20-12/h3-5,7,11H,1-2,6,8-10H2,(H,19,20). The lowest BCUT2D eigenvalue weighted by molar-refractivity contribution is -0.142. The van der Waals surface area contributed by atoms with Crippen LogP contribution in [0.3, 0.4) is 0 Å². The monoisotopic (exact) mass is 341 g/mol. The number of nitrogens with one attached hydrogen (secondary N) is 1. The summed E-state index contributed by atoms with van der Waals surface area (Å²) < 4.78 is 38.7. The summed E-state index contributed by atoms with van der Waals surface area (Å²) in [6.07, 6.45) is 1.10. The SMILES string of the molecule is O=C(Cn1ccc(C(F)(F)F)n1)N1CCCC(Cc2ccn[nH]2)C1. The third kappa shape index (κ3) is 3.95. The van der Waals surface area contributed by atoms with Crippen LogP contribution in [-0.4, -0.2) is 43.9 Å². The summed E-state index contributed by atoms with van der Waals surface area (Å²) in [5, 5.41) is 10.2. The van der Waals surface area contributed by atoms with Gasteiger partial charge in [-0.3, -0.25) is 14.6 Å². The summed E-state index contributed by atoms with van der Waals surface area (Å²) in [4.78, 5) is 14.0. The molecule has 24 heavy (non-hydrogen) atoms. The maximum atomic E-state index is 12.5. The predicted octanol–water partition coefficient (Wildman–Crippen LogP) is 2.11. The van der Waals surface area contributed by atoms with E-state index in [-0.39, 0.29) is 12.5 Å². The number of hydrogen-bond donors (Lipinski definition) is 1. The molecule has 1 unspecified atom stereocenters. The first-order valence-corrected chi connectivity index (χ1v) is 7.78. The van der Waals surface area contributed by atoms with Gasteiger partial charge in [0.05, 0.1) is 0 Å². The minimum Gasteiger partial charge on any atom is -0.341 e. The van der Waals surface area contributed by atoms with Crippen molar-refractivity contribution in [2.24, 2.45) is 5.92 Å². The second-order valence-electron chi connectivity index (χ2n) is 6.03. The second-order valence-corrected chi connectivity index (χ2v) is 6.03. The van der Waals surface area contributed by atoms with E-state index < -0.39 is 11.9 Å². The molecule has 1 fully saturated rings. The predicted molar refractivity (Wildman–Crippen MR) is 78.8 cm³/mol. The van der Waals surface area contributed by atoms with Gasteiger partial charge in [0.1, 0.15) is 6.54 Å². The van der Waals surface area contributed by atoms with Gasteiger partial charge in [-0.25, -0.2) is 0 Å². The van der Waals surface area contributed by atoms with Gasteiger partial charge in [0.25, 0.3) is 0 Å². The largest absolute Gasteiger partial charge is 0.435 e. The smallest absolute Gasteiger partial charge is 0.341 e. The molecule has 1 aliphatic heterocycles. The number of rotatable bonds is 4. The average molecular weight is 341 g/mol. The van der Waals surface area contributed by atoms with Gasteiger partial charge in [-0.1, -0.05) is 0 Å². The number of aromatic amines is 1. The van der Waals surface area contributed by atoms with Crippen LogP contribution in [0.4, 0.5) is 13.2 Å². The summed E-state index contributed by atoms with van der Waals surface area (Å²) in [5.74, 6) is 0.118. The summed E-state index contributed by atoms with van der Waals surface area (Å²) in [6.45, 7) is 1.06. The van der Waals surface area contributed by atoms with Crippen molar-refractivity contribution in [2.45, 2.75) is 32.0 Å². The zero-order valence-corrected chi connectivity index (χ0v) is 13.0. The van der Waals surface area contributed by atoms with Crippen LogP contribution >= 0.6 is 0 Å². The third-order valence-electron chi connectivity index (χ3n) is 4.17. The number of carbonyl (C=O) groups excluding carboxylic acids is 1. The molecule has 1 N–H and O–H groups in total. The molecule has 3 rings (SSSR count). The number of alkyl halides is 3. The molecule has 6 nitrogen and oxygen atoms in total. The number of halogens is 3. The van der Waals surface area contributed by atoms with Crippen LogP contribution in [0.1, 0.15) is 24.2 Å². The van der Waals surface area contributed by atoms with Crippen LogP contribution in [0.15, 0.2) is 24.5 Å². The summed E-state index contributed by atoms with van der Waals surface area (Å²) in [7, 11) is 0. The van der Waals surface area contributed by atoms with Crippen molar-refractivity contribution >= 4 is 5.91 Å². The quantitative estimate of drug-likeness (QED) is 0.926. The molecule has 0 aliphatic carbocycles. The molecule has 1 saturated heterocycles. The number of hydrogen-bond acceptors (Lipinski definition) is 3. The van der Waals surface area contributed by atoms with Gasteiger partial charge in [-0.15, -0.1) is 0 Å². The Morgan fingerprint density at radius 3 is 2.88 bits per heavy atom. The Hall–Kier alpha value is -2.32. The molecule has 2 aromatic heterocycles. The van der Waals surface area contributed by atoms with Crippen molar-refractivity contribution in [3.63, 3.8) is 0 Å². The lowest BCUT2D eigenvalue weighted by Gasteiger charge is -2.32. The molecule has 0 radical (unpaired) electrons. The second kappa shape index (κ2) is 6.66. The first-order chi connectivity index (χ1) is 11.4. The number of piperidine rings is 1. The molecule has 3 heterocycles. The van der Waals surface area contributed by atoms with Crippen molar-refractivity contribution in [3.05, 3.63) is 35.9 Å². The Morgan fingerprint density at radius 2 is 2.21 bits per heavy atom. The van der Waals surface area contributed by atoms with Gasteiger partial charge >= 0.3 is 6.18 Å². The molecule has 9 heteroatoms. The molecule has 1 atom stereocenters. The van der Waals surface area contributed by atoms with Crippen LogP contribution in [-0.2, 0) is 23.9 Å². The molecule has 0 spiro atoms. The van der Waals surface area contributed by atoms with E-state index in [4.69, 9.17) is 0 Å². The first-order valence-electron chi connectivity index (χ1n) is 7.78. The van der Waals surface area contributed by atoms with Gasteiger partial charge in [-0.05, 0) is 37.3 Å². The van der Waals surface area contributed by atoms with E-state index in [0.717, 1.165) is 35.7 Å². The molecule has 1 aliphatic rings. The van der Waals surface area contributed by atoms with Crippen LogP contribution in [0, 0.1) is 5.92 Å². The first kappa shape index (κ1) is 16.5. The van der Waals surface area contributed by atoms with Crippen molar-refractivity contribution in [1.29, 1.82) is 0 Å². The molecule has 0 aromatic carbocycles. The zero-order valence-electron chi connectivity index (χ0n) is 13.0. The molecule has 0 saturated carbocycles. The molecular formula is C15H18F3N5O. The Labute approximate surface area is 136 Å². The summed E-state index contributed by atoms with van der Waals surface area (Å²) in [5.41, 5.74) is 0.0438. The number of likely N-dealkylation sites (tertiary alicyclic amines) is 1. The Morgan fingerprint density at radius 1 is 1.38 bits per heavy atom. The van der Waals surface area contributed by atoms with Gasteiger partial charge in [0.15, 0.2) is 5.69 Å². The topological polar surface area (TPSA) is 66.8 Å². The number of amides is 1. The number of H-pyrrole nitrogens is 1. The van der Waals surface area contributed by atoms with Crippen molar-refractivity contribution in [1.82, 2.24) is 24.9 Å². The van der Waals surface area contributed by atoms with Gasteiger partial charge in [0, 0.05) is 31.2 Å².